The molecule has 0 bridgehead atoms. The SMILES string of the molecule is CC1(C)CCCCC1C(=O)NOCC(F)(F)F. The fourth-order valence-corrected chi connectivity index (χ4v) is 2.24. The van der Waals surface area contributed by atoms with E-state index in [2.05, 4.69) is 4.84 Å². The van der Waals surface area contributed by atoms with Gasteiger partial charge in [-0.2, -0.15) is 13.2 Å². The molecule has 0 aromatic carbocycles. The molecule has 1 N–H and O–H groups in total. The van der Waals surface area contributed by atoms with Crippen molar-refractivity contribution >= 4 is 5.91 Å². The summed E-state index contributed by atoms with van der Waals surface area (Å²) in [6.07, 6.45) is -0.824. The van der Waals surface area contributed by atoms with Gasteiger partial charge in [-0.05, 0) is 18.3 Å². The Morgan fingerprint density at radius 1 is 1.41 bits per heavy atom. The minimum atomic E-state index is -4.42. The molecule has 0 aliphatic heterocycles. The van der Waals surface area contributed by atoms with Crippen LogP contribution in [0.1, 0.15) is 39.5 Å². The van der Waals surface area contributed by atoms with Gasteiger partial charge in [0.1, 0.15) is 0 Å². The number of halogens is 3. The van der Waals surface area contributed by atoms with Crippen molar-refractivity contribution in [3.05, 3.63) is 0 Å². The Labute approximate surface area is 98.7 Å². The van der Waals surface area contributed by atoms with Gasteiger partial charge in [0.05, 0.1) is 0 Å². The lowest BCUT2D eigenvalue weighted by Gasteiger charge is -2.37. The zero-order valence-corrected chi connectivity index (χ0v) is 10.1. The first kappa shape index (κ1) is 14.3. The molecule has 0 radical (unpaired) electrons. The molecule has 0 heterocycles. The first-order chi connectivity index (χ1) is 7.72. The second kappa shape index (κ2) is 5.25. The zero-order valence-electron chi connectivity index (χ0n) is 10.1. The topological polar surface area (TPSA) is 38.3 Å². The minimum absolute atomic E-state index is 0.177. The summed E-state index contributed by atoms with van der Waals surface area (Å²) in [6, 6.07) is 0. The Hall–Kier alpha value is -0.780. The average Bonchev–Trinajstić information content (AvgIpc) is 2.14. The zero-order chi connectivity index (χ0) is 13.1. The van der Waals surface area contributed by atoms with Crippen LogP contribution in [0.2, 0.25) is 0 Å². The monoisotopic (exact) mass is 253 g/mol. The number of hydroxylamine groups is 1. The van der Waals surface area contributed by atoms with Crippen LogP contribution in [0.5, 0.6) is 0 Å². The number of rotatable bonds is 3. The van der Waals surface area contributed by atoms with Crippen molar-refractivity contribution in [2.75, 3.05) is 6.61 Å². The van der Waals surface area contributed by atoms with Crippen LogP contribution in [-0.4, -0.2) is 18.7 Å². The molecule has 100 valence electrons. The molecule has 1 rings (SSSR count). The summed E-state index contributed by atoms with van der Waals surface area (Å²) in [5.74, 6) is -0.719. The maximum Gasteiger partial charge on any atom is 0.414 e. The van der Waals surface area contributed by atoms with Crippen LogP contribution in [0.3, 0.4) is 0 Å². The third-order valence-electron chi connectivity index (χ3n) is 3.23. The van der Waals surface area contributed by atoms with Crippen LogP contribution in [0.25, 0.3) is 0 Å². The van der Waals surface area contributed by atoms with Crippen molar-refractivity contribution < 1.29 is 22.8 Å². The Bertz CT molecular complexity index is 276. The van der Waals surface area contributed by atoms with Crippen LogP contribution >= 0.6 is 0 Å². The number of carbonyl (C=O) groups excluding carboxylic acids is 1. The van der Waals surface area contributed by atoms with Gasteiger partial charge in [0, 0.05) is 5.92 Å². The van der Waals surface area contributed by atoms with E-state index in [0.29, 0.717) is 6.42 Å². The number of nitrogens with one attached hydrogen (secondary N) is 1. The number of hydrogen-bond donors (Lipinski definition) is 1. The molecule has 3 nitrogen and oxygen atoms in total. The molecule has 0 saturated heterocycles. The summed E-state index contributed by atoms with van der Waals surface area (Å²) in [7, 11) is 0. The predicted molar refractivity (Wildman–Crippen MR) is 55.9 cm³/mol. The molecule has 1 unspecified atom stereocenters. The molecule has 17 heavy (non-hydrogen) atoms. The van der Waals surface area contributed by atoms with Crippen LogP contribution in [0.4, 0.5) is 13.2 Å². The molecule has 1 saturated carbocycles. The Balaban J connectivity index is 2.41. The van der Waals surface area contributed by atoms with Crippen molar-refractivity contribution in [2.45, 2.75) is 45.7 Å². The first-order valence-electron chi connectivity index (χ1n) is 5.71. The van der Waals surface area contributed by atoms with Gasteiger partial charge in [-0.25, -0.2) is 5.48 Å². The third kappa shape index (κ3) is 4.53. The summed E-state index contributed by atoms with van der Waals surface area (Å²) < 4.78 is 35.5. The van der Waals surface area contributed by atoms with E-state index in [4.69, 9.17) is 0 Å². The Morgan fingerprint density at radius 3 is 2.59 bits per heavy atom. The summed E-state index contributed by atoms with van der Waals surface area (Å²) in [4.78, 5) is 15.9. The van der Waals surface area contributed by atoms with E-state index in [0.717, 1.165) is 19.3 Å². The molecule has 1 aliphatic carbocycles. The van der Waals surface area contributed by atoms with E-state index in [1.54, 1.807) is 0 Å². The normalized spacial score (nSPS) is 24.4. The number of carbonyl (C=O) groups is 1. The van der Waals surface area contributed by atoms with Crippen LogP contribution in [0, 0.1) is 11.3 Å². The molecule has 0 aromatic heterocycles. The highest BCUT2D eigenvalue weighted by Gasteiger charge is 2.37. The number of alkyl halides is 3. The van der Waals surface area contributed by atoms with Crippen molar-refractivity contribution in [3.8, 4) is 0 Å². The maximum absolute atomic E-state index is 11.8. The van der Waals surface area contributed by atoms with Gasteiger partial charge in [0.15, 0.2) is 6.61 Å². The fraction of sp³-hybridized carbons (Fsp3) is 0.909. The standard InChI is InChI=1S/C11H18F3NO2/c1-10(2)6-4-3-5-8(10)9(16)15-17-7-11(12,13)14/h8H,3-7H2,1-2H3,(H,15,16). The van der Waals surface area contributed by atoms with E-state index < -0.39 is 18.7 Å². The number of hydrogen-bond acceptors (Lipinski definition) is 2. The van der Waals surface area contributed by atoms with Gasteiger partial charge in [-0.3, -0.25) is 9.63 Å². The van der Waals surface area contributed by atoms with E-state index in [1.807, 2.05) is 19.3 Å². The lowest BCUT2D eigenvalue weighted by molar-refractivity contribution is -0.194. The molecule has 0 aromatic rings. The van der Waals surface area contributed by atoms with Gasteiger partial charge in [-0.15, -0.1) is 0 Å². The van der Waals surface area contributed by atoms with Crippen molar-refractivity contribution in [3.63, 3.8) is 0 Å². The lowest BCUT2D eigenvalue weighted by atomic mass is 9.68. The molecule has 6 heteroatoms. The van der Waals surface area contributed by atoms with Crippen LogP contribution < -0.4 is 5.48 Å². The van der Waals surface area contributed by atoms with E-state index in [9.17, 15) is 18.0 Å². The number of amides is 1. The molecule has 1 aliphatic rings. The summed E-state index contributed by atoms with van der Waals surface area (Å²) in [5, 5.41) is 0. The molecule has 0 spiro atoms. The third-order valence-corrected chi connectivity index (χ3v) is 3.23. The molecule has 1 atom stereocenters. The molecular weight excluding hydrogens is 235 g/mol. The maximum atomic E-state index is 11.8. The van der Waals surface area contributed by atoms with Crippen molar-refractivity contribution in [2.24, 2.45) is 11.3 Å². The van der Waals surface area contributed by atoms with E-state index >= 15 is 0 Å². The second-order valence-corrected chi connectivity index (χ2v) is 5.16. The predicted octanol–water partition coefficient (Wildman–Crippen LogP) is 2.81. The van der Waals surface area contributed by atoms with Gasteiger partial charge in [-0.1, -0.05) is 26.7 Å². The fourth-order valence-electron chi connectivity index (χ4n) is 2.24. The molecule has 1 amide bonds. The quantitative estimate of drug-likeness (QED) is 0.785. The minimum Gasteiger partial charge on any atom is -0.272 e. The highest BCUT2D eigenvalue weighted by Crippen LogP contribution is 2.40. The molecular formula is C11H18F3NO2. The smallest absolute Gasteiger partial charge is 0.272 e. The van der Waals surface area contributed by atoms with Gasteiger partial charge < -0.3 is 0 Å². The lowest BCUT2D eigenvalue weighted by Crippen LogP contribution is -2.42. The highest BCUT2D eigenvalue weighted by atomic mass is 19.4. The second-order valence-electron chi connectivity index (χ2n) is 5.16. The van der Waals surface area contributed by atoms with Crippen molar-refractivity contribution in [1.82, 2.24) is 5.48 Å². The first-order valence-corrected chi connectivity index (χ1v) is 5.71. The molecule has 1 fully saturated rings. The van der Waals surface area contributed by atoms with Gasteiger partial charge in [0.2, 0.25) is 5.91 Å². The summed E-state index contributed by atoms with van der Waals surface area (Å²) in [5.41, 5.74) is 1.73. The highest BCUT2D eigenvalue weighted by molar-refractivity contribution is 5.78. The van der Waals surface area contributed by atoms with Gasteiger partial charge in [0.25, 0.3) is 0 Å². The van der Waals surface area contributed by atoms with E-state index in [-0.39, 0.29) is 11.3 Å². The van der Waals surface area contributed by atoms with E-state index in [1.165, 1.54) is 0 Å². The average molecular weight is 253 g/mol. The Kier molecular flexibility index (Phi) is 4.41. The summed E-state index contributed by atoms with van der Waals surface area (Å²) >= 11 is 0. The summed E-state index contributed by atoms with van der Waals surface area (Å²) in [6.45, 7) is 2.46. The van der Waals surface area contributed by atoms with Crippen molar-refractivity contribution in [1.29, 1.82) is 0 Å². The van der Waals surface area contributed by atoms with Gasteiger partial charge >= 0.3 is 6.18 Å². The largest absolute Gasteiger partial charge is 0.414 e. The Morgan fingerprint density at radius 2 is 2.06 bits per heavy atom. The van der Waals surface area contributed by atoms with Crippen LogP contribution in [-0.2, 0) is 9.63 Å². The van der Waals surface area contributed by atoms with Crippen LogP contribution in [0.15, 0.2) is 0 Å².